The Hall–Kier alpha value is -3.75. The third-order valence-electron chi connectivity index (χ3n) is 6.41. The minimum atomic E-state index is -0.126. The highest BCUT2D eigenvalue weighted by Gasteiger charge is 2.31. The Morgan fingerprint density at radius 1 is 1.11 bits per heavy atom. The molecule has 0 atom stereocenters. The molecular weight excluding hydrogens is 468 g/mol. The van der Waals surface area contributed by atoms with Gasteiger partial charge in [0.2, 0.25) is 0 Å². The highest BCUT2D eigenvalue weighted by molar-refractivity contribution is 6.33. The van der Waals surface area contributed by atoms with Gasteiger partial charge in [-0.2, -0.15) is 0 Å². The highest BCUT2D eigenvalue weighted by atomic mass is 35.5. The Balaban J connectivity index is 1.43. The molecule has 1 aromatic heterocycles. The van der Waals surface area contributed by atoms with Gasteiger partial charge in [0.1, 0.15) is 22.8 Å². The Morgan fingerprint density at radius 2 is 1.89 bits per heavy atom. The molecule has 1 fully saturated rings. The lowest BCUT2D eigenvalue weighted by Gasteiger charge is -2.36. The van der Waals surface area contributed by atoms with Gasteiger partial charge in [0, 0.05) is 26.2 Å². The molecule has 9 heteroatoms. The van der Waals surface area contributed by atoms with Gasteiger partial charge in [-0.15, -0.1) is 0 Å². The quantitative estimate of drug-likeness (QED) is 0.369. The number of benzene rings is 3. The van der Waals surface area contributed by atoms with Crippen molar-refractivity contribution < 1.29 is 19.3 Å². The summed E-state index contributed by atoms with van der Waals surface area (Å²) >= 11 is 6.40. The van der Waals surface area contributed by atoms with Crippen LogP contribution in [-0.4, -0.2) is 54.5 Å². The van der Waals surface area contributed by atoms with E-state index in [9.17, 15) is 4.79 Å². The number of carbonyl (C=O) groups is 1. The van der Waals surface area contributed by atoms with Crippen LogP contribution in [0.25, 0.3) is 22.0 Å². The van der Waals surface area contributed by atoms with Crippen LogP contribution in [0.15, 0.2) is 59.1 Å². The number of aryl methyl sites for hydroxylation is 1. The zero-order chi connectivity index (χ0) is 24.5. The fourth-order valence-electron chi connectivity index (χ4n) is 4.60. The standard InChI is InChI=1S/C26H25ClN4O4/c1-16-23(25(29-35-16)24-19-6-4-3-5-17(19)7-10-22(24)34-2)26(32)31-13-11-30(12-14-31)21-9-8-18(28-33)15-20(21)27/h3-10,15,28,33H,11-14H2,1-2H3. The van der Waals surface area contributed by atoms with Gasteiger partial charge in [0.05, 0.1) is 29.1 Å². The monoisotopic (exact) mass is 492 g/mol. The van der Waals surface area contributed by atoms with Crippen molar-refractivity contribution in [3.05, 3.63) is 70.9 Å². The van der Waals surface area contributed by atoms with E-state index >= 15 is 0 Å². The molecule has 1 amide bonds. The molecule has 1 aliphatic heterocycles. The van der Waals surface area contributed by atoms with Crippen molar-refractivity contribution in [2.75, 3.05) is 43.7 Å². The zero-order valence-corrected chi connectivity index (χ0v) is 20.2. The summed E-state index contributed by atoms with van der Waals surface area (Å²) in [6.45, 7) is 4.04. The van der Waals surface area contributed by atoms with Gasteiger partial charge in [-0.25, -0.2) is 0 Å². The molecule has 0 bridgehead atoms. The minimum Gasteiger partial charge on any atom is -0.496 e. The maximum atomic E-state index is 13.7. The smallest absolute Gasteiger partial charge is 0.259 e. The number of piperazine rings is 1. The Morgan fingerprint density at radius 3 is 2.60 bits per heavy atom. The number of carbonyl (C=O) groups excluding carboxylic acids is 1. The summed E-state index contributed by atoms with van der Waals surface area (Å²) in [4.78, 5) is 17.7. The molecule has 3 aromatic carbocycles. The summed E-state index contributed by atoms with van der Waals surface area (Å²) in [7, 11) is 1.61. The van der Waals surface area contributed by atoms with E-state index in [1.54, 1.807) is 26.2 Å². The van der Waals surface area contributed by atoms with Crippen molar-refractivity contribution in [1.29, 1.82) is 0 Å². The lowest BCUT2D eigenvalue weighted by Crippen LogP contribution is -2.49. The second-order valence-electron chi connectivity index (χ2n) is 8.38. The van der Waals surface area contributed by atoms with Crippen LogP contribution < -0.4 is 15.1 Å². The number of amides is 1. The van der Waals surface area contributed by atoms with Crippen LogP contribution in [0, 0.1) is 6.92 Å². The Kier molecular flexibility index (Phi) is 6.23. The first-order valence-corrected chi connectivity index (χ1v) is 11.7. The fourth-order valence-corrected chi connectivity index (χ4v) is 4.90. The zero-order valence-electron chi connectivity index (χ0n) is 19.4. The van der Waals surface area contributed by atoms with E-state index in [1.807, 2.05) is 47.4 Å². The number of fused-ring (bicyclic) bond motifs is 1. The van der Waals surface area contributed by atoms with Gasteiger partial charge in [-0.05, 0) is 42.0 Å². The van der Waals surface area contributed by atoms with Crippen molar-refractivity contribution in [3.8, 4) is 17.0 Å². The van der Waals surface area contributed by atoms with E-state index in [2.05, 4.69) is 15.5 Å². The summed E-state index contributed by atoms with van der Waals surface area (Å²) < 4.78 is 11.2. The van der Waals surface area contributed by atoms with Crippen LogP contribution in [0.2, 0.25) is 5.02 Å². The summed E-state index contributed by atoms with van der Waals surface area (Å²) in [6.07, 6.45) is 0. The summed E-state index contributed by atoms with van der Waals surface area (Å²) in [6, 6.07) is 17.1. The second-order valence-corrected chi connectivity index (χ2v) is 8.79. The average Bonchev–Trinajstić information content (AvgIpc) is 3.28. The van der Waals surface area contributed by atoms with Gasteiger partial charge in [-0.3, -0.25) is 15.5 Å². The van der Waals surface area contributed by atoms with Crippen LogP contribution in [0.3, 0.4) is 0 Å². The molecule has 5 rings (SSSR count). The van der Waals surface area contributed by atoms with Crippen LogP contribution >= 0.6 is 11.6 Å². The van der Waals surface area contributed by atoms with Crippen molar-refractivity contribution >= 4 is 39.7 Å². The molecule has 1 aliphatic rings. The summed E-state index contributed by atoms with van der Waals surface area (Å²) in [5.41, 5.74) is 5.16. The van der Waals surface area contributed by atoms with E-state index in [0.29, 0.717) is 59.7 Å². The molecule has 0 saturated carbocycles. The number of anilines is 2. The third kappa shape index (κ3) is 4.15. The lowest BCUT2D eigenvalue weighted by molar-refractivity contribution is 0.0745. The topological polar surface area (TPSA) is 91.1 Å². The van der Waals surface area contributed by atoms with Crippen LogP contribution in [0.5, 0.6) is 5.75 Å². The summed E-state index contributed by atoms with van der Waals surface area (Å²) in [5.74, 6) is 0.975. The average molecular weight is 493 g/mol. The maximum absolute atomic E-state index is 13.7. The van der Waals surface area contributed by atoms with Crippen LogP contribution in [0.1, 0.15) is 16.1 Å². The number of nitrogens with one attached hydrogen (secondary N) is 1. The predicted molar refractivity (Wildman–Crippen MR) is 136 cm³/mol. The predicted octanol–water partition coefficient (Wildman–Crippen LogP) is 5.23. The number of hydrogen-bond donors (Lipinski definition) is 2. The van der Waals surface area contributed by atoms with Crippen LogP contribution in [0.4, 0.5) is 11.4 Å². The molecule has 4 aromatic rings. The lowest BCUT2D eigenvalue weighted by atomic mass is 9.97. The first kappa shape index (κ1) is 23.0. The van der Waals surface area contributed by atoms with Gasteiger partial charge in [0.15, 0.2) is 0 Å². The van der Waals surface area contributed by atoms with Gasteiger partial charge < -0.3 is 19.1 Å². The largest absolute Gasteiger partial charge is 0.496 e. The Bertz CT molecular complexity index is 1400. The van der Waals surface area contributed by atoms with Gasteiger partial charge in [0.25, 0.3) is 5.91 Å². The summed E-state index contributed by atoms with van der Waals surface area (Å²) in [5, 5.41) is 15.9. The number of rotatable bonds is 5. The number of halogens is 1. The first-order valence-electron chi connectivity index (χ1n) is 11.3. The molecule has 180 valence electrons. The fraction of sp³-hybridized carbons (Fsp3) is 0.231. The van der Waals surface area contributed by atoms with Gasteiger partial charge >= 0.3 is 0 Å². The molecule has 0 unspecified atom stereocenters. The van der Waals surface area contributed by atoms with E-state index in [-0.39, 0.29) is 5.91 Å². The number of hydrogen-bond acceptors (Lipinski definition) is 7. The van der Waals surface area contributed by atoms with E-state index in [0.717, 1.165) is 22.0 Å². The van der Waals surface area contributed by atoms with Crippen LogP contribution in [-0.2, 0) is 0 Å². The maximum Gasteiger partial charge on any atom is 0.259 e. The van der Waals surface area contributed by atoms with Crippen molar-refractivity contribution in [2.45, 2.75) is 6.92 Å². The number of methoxy groups -OCH3 is 1. The number of aromatic nitrogens is 1. The van der Waals surface area contributed by atoms with Crippen molar-refractivity contribution in [2.24, 2.45) is 0 Å². The highest BCUT2D eigenvalue weighted by Crippen LogP contribution is 2.39. The molecular formula is C26H25ClN4O4. The second kappa shape index (κ2) is 9.48. The third-order valence-corrected chi connectivity index (χ3v) is 6.71. The molecule has 0 spiro atoms. The molecule has 2 N–H and O–H groups in total. The number of nitrogens with zero attached hydrogens (tertiary/aromatic N) is 3. The SMILES string of the molecule is COc1ccc2ccccc2c1-c1noc(C)c1C(=O)N1CCN(c2ccc(NO)cc2Cl)CC1. The minimum absolute atomic E-state index is 0.126. The van der Waals surface area contributed by atoms with E-state index in [4.69, 9.17) is 26.1 Å². The molecule has 1 saturated heterocycles. The molecule has 8 nitrogen and oxygen atoms in total. The van der Waals surface area contributed by atoms with Crippen molar-refractivity contribution in [3.63, 3.8) is 0 Å². The van der Waals surface area contributed by atoms with E-state index < -0.39 is 0 Å². The van der Waals surface area contributed by atoms with Gasteiger partial charge in [-0.1, -0.05) is 47.1 Å². The molecule has 2 heterocycles. The van der Waals surface area contributed by atoms with Crippen molar-refractivity contribution in [1.82, 2.24) is 10.1 Å². The number of ether oxygens (including phenoxy) is 1. The Labute approximate surface area is 207 Å². The molecule has 0 aliphatic carbocycles. The first-order chi connectivity index (χ1) is 17.0. The molecule has 0 radical (unpaired) electrons. The normalized spacial score (nSPS) is 13.8. The molecule has 35 heavy (non-hydrogen) atoms. The van der Waals surface area contributed by atoms with E-state index in [1.165, 1.54) is 0 Å².